The molecule has 122 valence electrons. The van der Waals surface area contributed by atoms with Gasteiger partial charge < -0.3 is 10.4 Å². The second-order valence-corrected chi connectivity index (χ2v) is 7.57. The standard InChI is InChI=1S/C15H22N2O4S/c1-2-22(21)13-5-3-4-12(9-13)16-14-8-11(10-18)6-7-15(14)17(19)20/h6-8,12-13,16,18H,2-5,9-10H2,1H3. The number of rotatable bonds is 6. The van der Waals surface area contributed by atoms with E-state index in [4.69, 9.17) is 0 Å². The molecule has 1 aromatic carbocycles. The molecule has 0 aromatic heterocycles. The number of hydrogen-bond donors (Lipinski definition) is 2. The first-order chi connectivity index (χ1) is 10.5. The van der Waals surface area contributed by atoms with E-state index in [1.165, 1.54) is 6.07 Å². The van der Waals surface area contributed by atoms with Gasteiger partial charge in [0, 0.05) is 33.9 Å². The van der Waals surface area contributed by atoms with Gasteiger partial charge in [0.1, 0.15) is 5.69 Å². The summed E-state index contributed by atoms with van der Waals surface area (Å²) in [5.41, 5.74) is 1.08. The van der Waals surface area contributed by atoms with Gasteiger partial charge in [0.25, 0.3) is 5.69 Å². The lowest BCUT2D eigenvalue weighted by molar-refractivity contribution is -0.384. The van der Waals surface area contributed by atoms with Crippen molar-refractivity contribution in [2.75, 3.05) is 11.1 Å². The third-order valence-electron chi connectivity index (χ3n) is 4.08. The van der Waals surface area contributed by atoms with Crippen LogP contribution in [0.25, 0.3) is 0 Å². The highest BCUT2D eigenvalue weighted by molar-refractivity contribution is 7.85. The molecule has 0 amide bonds. The molecule has 1 saturated carbocycles. The summed E-state index contributed by atoms with van der Waals surface area (Å²) in [6, 6.07) is 4.68. The lowest BCUT2D eigenvalue weighted by atomic mass is 9.94. The number of nitrogens with one attached hydrogen (secondary N) is 1. The highest BCUT2D eigenvalue weighted by atomic mass is 32.2. The Morgan fingerprint density at radius 3 is 2.86 bits per heavy atom. The Labute approximate surface area is 132 Å². The molecule has 2 N–H and O–H groups in total. The van der Waals surface area contributed by atoms with Gasteiger partial charge in [-0.1, -0.05) is 13.3 Å². The predicted molar refractivity (Wildman–Crippen MR) is 87.4 cm³/mol. The molecule has 0 saturated heterocycles. The van der Waals surface area contributed by atoms with Crippen molar-refractivity contribution in [2.24, 2.45) is 0 Å². The Morgan fingerprint density at radius 1 is 1.45 bits per heavy atom. The SMILES string of the molecule is CCS(=O)C1CCCC(Nc2cc(CO)ccc2[N+](=O)[O-])C1. The minimum absolute atomic E-state index is 0.0101. The van der Waals surface area contributed by atoms with Crippen LogP contribution in [0.1, 0.15) is 38.2 Å². The Morgan fingerprint density at radius 2 is 2.23 bits per heavy atom. The van der Waals surface area contributed by atoms with Gasteiger partial charge in [0.05, 0.1) is 11.5 Å². The molecule has 6 nitrogen and oxygen atoms in total. The van der Waals surface area contributed by atoms with Crippen LogP contribution in [0.4, 0.5) is 11.4 Å². The largest absolute Gasteiger partial charge is 0.392 e. The van der Waals surface area contributed by atoms with Gasteiger partial charge in [-0.25, -0.2) is 0 Å². The van der Waals surface area contributed by atoms with E-state index in [1.54, 1.807) is 12.1 Å². The van der Waals surface area contributed by atoms with Gasteiger partial charge in [0.15, 0.2) is 0 Å². The molecule has 3 atom stereocenters. The van der Waals surface area contributed by atoms with Crippen LogP contribution in [0.15, 0.2) is 18.2 Å². The van der Waals surface area contributed by atoms with Crippen molar-refractivity contribution in [1.82, 2.24) is 0 Å². The maximum atomic E-state index is 12.0. The van der Waals surface area contributed by atoms with E-state index in [0.29, 0.717) is 17.0 Å². The summed E-state index contributed by atoms with van der Waals surface area (Å²) in [6.45, 7) is 1.77. The molecule has 1 aromatic rings. The quantitative estimate of drug-likeness (QED) is 0.619. The lowest BCUT2D eigenvalue weighted by Crippen LogP contribution is -2.33. The molecule has 1 aliphatic carbocycles. The van der Waals surface area contributed by atoms with Crippen LogP contribution >= 0.6 is 0 Å². The zero-order chi connectivity index (χ0) is 16.1. The predicted octanol–water partition coefficient (Wildman–Crippen LogP) is 2.58. The molecule has 1 fully saturated rings. The molecule has 2 rings (SSSR count). The summed E-state index contributed by atoms with van der Waals surface area (Å²) in [6.07, 6.45) is 3.61. The number of nitrogens with zero attached hydrogens (tertiary/aromatic N) is 1. The van der Waals surface area contributed by atoms with E-state index in [-0.39, 0.29) is 23.6 Å². The van der Waals surface area contributed by atoms with Crippen molar-refractivity contribution in [3.8, 4) is 0 Å². The maximum Gasteiger partial charge on any atom is 0.292 e. The normalized spacial score (nSPS) is 23.0. The summed E-state index contributed by atoms with van der Waals surface area (Å²) in [7, 11) is -0.826. The Bertz CT molecular complexity index is 564. The molecule has 1 aliphatic rings. The molecule has 0 spiro atoms. The van der Waals surface area contributed by atoms with Crippen LogP contribution in [0.2, 0.25) is 0 Å². The molecule has 22 heavy (non-hydrogen) atoms. The van der Waals surface area contributed by atoms with Crippen LogP contribution in [0.5, 0.6) is 0 Å². The number of anilines is 1. The third kappa shape index (κ3) is 4.04. The average molecular weight is 326 g/mol. The molecular formula is C15H22N2O4S. The maximum absolute atomic E-state index is 12.0. The first-order valence-electron chi connectivity index (χ1n) is 7.57. The summed E-state index contributed by atoms with van der Waals surface area (Å²) >= 11 is 0. The number of nitro benzene ring substituents is 1. The minimum atomic E-state index is -0.826. The van der Waals surface area contributed by atoms with Crippen molar-refractivity contribution in [2.45, 2.75) is 50.5 Å². The van der Waals surface area contributed by atoms with Gasteiger partial charge in [0.2, 0.25) is 0 Å². The van der Waals surface area contributed by atoms with Crippen molar-refractivity contribution >= 4 is 22.2 Å². The van der Waals surface area contributed by atoms with Gasteiger partial charge in [-0.2, -0.15) is 0 Å². The first kappa shape index (κ1) is 16.9. The van der Waals surface area contributed by atoms with E-state index in [2.05, 4.69) is 5.32 Å². The zero-order valence-corrected chi connectivity index (χ0v) is 13.5. The molecular weight excluding hydrogens is 304 g/mol. The Kier molecular flexibility index (Phi) is 5.90. The monoisotopic (exact) mass is 326 g/mol. The summed E-state index contributed by atoms with van der Waals surface area (Å²) < 4.78 is 12.0. The van der Waals surface area contributed by atoms with E-state index in [1.807, 2.05) is 6.92 Å². The molecule has 7 heteroatoms. The van der Waals surface area contributed by atoms with Crippen LogP contribution < -0.4 is 5.32 Å². The fraction of sp³-hybridized carbons (Fsp3) is 0.600. The fourth-order valence-corrected chi connectivity index (χ4v) is 4.27. The van der Waals surface area contributed by atoms with E-state index in [0.717, 1.165) is 25.7 Å². The van der Waals surface area contributed by atoms with E-state index in [9.17, 15) is 19.4 Å². The topological polar surface area (TPSA) is 92.5 Å². The van der Waals surface area contributed by atoms with E-state index >= 15 is 0 Å². The first-order valence-corrected chi connectivity index (χ1v) is 8.95. The van der Waals surface area contributed by atoms with Gasteiger partial charge in [-0.05, 0) is 37.0 Å². The van der Waals surface area contributed by atoms with Crippen molar-refractivity contribution in [1.29, 1.82) is 0 Å². The van der Waals surface area contributed by atoms with Gasteiger partial charge in [-0.3, -0.25) is 14.3 Å². The van der Waals surface area contributed by atoms with Gasteiger partial charge >= 0.3 is 0 Å². The number of aliphatic hydroxyl groups is 1. The molecule has 0 radical (unpaired) electrons. The molecule has 0 aliphatic heterocycles. The number of benzene rings is 1. The lowest BCUT2D eigenvalue weighted by Gasteiger charge is -2.29. The highest BCUT2D eigenvalue weighted by Crippen LogP contribution is 2.30. The van der Waals surface area contributed by atoms with Crippen molar-refractivity contribution in [3.05, 3.63) is 33.9 Å². The number of hydrogen-bond acceptors (Lipinski definition) is 5. The van der Waals surface area contributed by atoms with Crippen LogP contribution in [0, 0.1) is 10.1 Å². The third-order valence-corrected chi connectivity index (χ3v) is 5.82. The van der Waals surface area contributed by atoms with Crippen molar-refractivity contribution in [3.63, 3.8) is 0 Å². The number of aliphatic hydroxyl groups excluding tert-OH is 1. The second kappa shape index (κ2) is 7.69. The Hall–Kier alpha value is -1.47. The van der Waals surface area contributed by atoms with Crippen LogP contribution in [0.3, 0.4) is 0 Å². The van der Waals surface area contributed by atoms with Gasteiger partial charge in [-0.15, -0.1) is 0 Å². The fourth-order valence-electron chi connectivity index (χ4n) is 2.93. The van der Waals surface area contributed by atoms with Crippen LogP contribution in [-0.4, -0.2) is 31.3 Å². The van der Waals surface area contributed by atoms with E-state index < -0.39 is 15.7 Å². The van der Waals surface area contributed by atoms with Crippen molar-refractivity contribution < 1.29 is 14.2 Å². The number of nitro groups is 1. The smallest absolute Gasteiger partial charge is 0.292 e. The summed E-state index contributed by atoms with van der Waals surface area (Å²) in [4.78, 5) is 10.7. The molecule has 0 heterocycles. The summed E-state index contributed by atoms with van der Waals surface area (Å²) in [5, 5.41) is 23.7. The van der Waals surface area contributed by atoms with Crippen LogP contribution in [-0.2, 0) is 17.4 Å². The minimum Gasteiger partial charge on any atom is -0.392 e. The Balaban J connectivity index is 2.15. The zero-order valence-electron chi connectivity index (χ0n) is 12.7. The average Bonchev–Trinajstić information content (AvgIpc) is 2.54. The highest BCUT2D eigenvalue weighted by Gasteiger charge is 2.27. The molecule has 0 bridgehead atoms. The summed E-state index contributed by atoms with van der Waals surface area (Å²) in [5.74, 6) is 0.650. The molecule has 3 unspecified atom stereocenters. The second-order valence-electron chi connectivity index (χ2n) is 5.57.